The third-order valence-electron chi connectivity index (χ3n) is 3.94. The van der Waals surface area contributed by atoms with E-state index in [0.717, 1.165) is 16.8 Å². The lowest BCUT2D eigenvalue weighted by Gasteiger charge is -2.12. The number of methoxy groups -OCH3 is 2. The van der Waals surface area contributed by atoms with Crippen LogP contribution in [0.1, 0.15) is 5.56 Å². The number of aromatic nitrogens is 3. The number of pyridine rings is 1. The van der Waals surface area contributed by atoms with E-state index in [1.54, 1.807) is 42.4 Å². The van der Waals surface area contributed by atoms with Gasteiger partial charge in [0.1, 0.15) is 11.5 Å². The van der Waals surface area contributed by atoms with Crippen molar-refractivity contribution >= 4 is 11.7 Å². The van der Waals surface area contributed by atoms with Crippen molar-refractivity contribution in [3.8, 4) is 22.8 Å². The van der Waals surface area contributed by atoms with Gasteiger partial charge in [0, 0.05) is 37.6 Å². The van der Waals surface area contributed by atoms with Gasteiger partial charge in [-0.05, 0) is 23.8 Å². The van der Waals surface area contributed by atoms with Gasteiger partial charge < -0.3 is 20.1 Å². The summed E-state index contributed by atoms with van der Waals surface area (Å²) in [5.41, 5.74) is 3.22. The number of urea groups is 1. The molecule has 2 heterocycles. The zero-order valence-corrected chi connectivity index (χ0v) is 15.4. The molecule has 2 N–H and O–H groups in total. The van der Waals surface area contributed by atoms with Gasteiger partial charge in [0.2, 0.25) is 0 Å². The fourth-order valence-electron chi connectivity index (χ4n) is 2.50. The van der Waals surface area contributed by atoms with Crippen LogP contribution >= 0.6 is 0 Å². The molecule has 0 aliphatic rings. The van der Waals surface area contributed by atoms with Gasteiger partial charge >= 0.3 is 6.03 Å². The van der Waals surface area contributed by atoms with E-state index < -0.39 is 0 Å². The quantitative estimate of drug-likeness (QED) is 0.699. The average Bonchev–Trinajstić information content (AvgIpc) is 3.13. The Kier molecular flexibility index (Phi) is 5.55. The van der Waals surface area contributed by atoms with E-state index in [1.165, 1.54) is 7.11 Å². The maximum Gasteiger partial charge on any atom is 0.319 e. The SMILES string of the molecule is COc1ccc(NC(=O)NCc2ccc(-c3cnn(C)c3)nc2)c(OC)c1. The fourth-order valence-corrected chi connectivity index (χ4v) is 2.50. The first-order chi connectivity index (χ1) is 13.1. The molecule has 3 aromatic rings. The van der Waals surface area contributed by atoms with E-state index in [0.29, 0.717) is 23.7 Å². The van der Waals surface area contributed by atoms with Gasteiger partial charge in [0.05, 0.1) is 31.8 Å². The molecule has 140 valence electrons. The van der Waals surface area contributed by atoms with E-state index >= 15 is 0 Å². The summed E-state index contributed by atoms with van der Waals surface area (Å²) in [7, 11) is 4.97. The highest BCUT2D eigenvalue weighted by Crippen LogP contribution is 2.28. The lowest BCUT2D eigenvalue weighted by molar-refractivity contribution is 0.251. The number of ether oxygens (including phenoxy) is 2. The van der Waals surface area contributed by atoms with Crippen molar-refractivity contribution in [1.82, 2.24) is 20.1 Å². The number of hydrogen-bond donors (Lipinski definition) is 2. The number of anilines is 1. The summed E-state index contributed by atoms with van der Waals surface area (Å²) < 4.78 is 12.1. The third-order valence-corrected chi connectivity index (χ3v) is 3.94. The summed E-state index contributed by atoms with van der Waals surface area (Å²) in [6.07, 6.45) is 5.39. The van der Waals surface area contributed by atoms with Gasteiger partial charge in [-0.1, -0.05) is 6.07 Å². The number of benzene rings is 1. The highest BCUT2D eigenvalue weighted by Gasteiger charge is 2.09. The number of carbonyl (C=O) groups excluding carboxylic acids is 1. The van der Waals surface area contributed by atoms with E-state index in [4.69, 9.17) is 9.47 Å². The van der Waals surface area contributed by atoms with Crippen molar-refractivity contribution in [2.24, 2.45) is 7.05 Å². The molecule has 8 nitrogen and oxygen atoms in total. The van der Waals surface area contributed by atoms with Crippen LogP contribution in [0.5, 0.6) is 11.5 Å². The molecule has 0 saturated carbocycles. The van der Waals surface area contributed by atoms with E-state index in [9.17, 15) is 4.79 Å². The second kappa shape index (κ2) is 8.22. The Bertz CT molecular complexity index is 921. The smallest absolute Gasteiger partial charge is 0.319 e. The first-order valence-corrected chi connectivity index (χ1v) is 8.30. The lowest BCUT2D eigenvalue weighted by atomic mass is 10.2. The molecule has 27 heavy (non-hydrogen) atoms. The zero-order valence-electron chi connectivity index (χ0n) is 15.4. The number of nitrogens with one attached hydrogen (secondary N) is 2. The minimum absolute atomic E-state index is 0.338. The predicted octanol–water partition coefficient (Wildman–Crippen LogP) is 2.82. The van der Waals surface area contributed by atoms with Gasteiger partial charge in [-0.2, -0.15) is 5.10 Å². The van der Waals surface area contributed by atoms with Gasteiger partial charge in [0.15, 0.2) is 0 Å². The maximum atomic E-state index is 12.2. The number of nitrogens with zero attached hydrogens (tertiary/aromatic N) is 3. The van der Waals surface area contributed by atoms with Crippen LogP contribution in [-0.2, 0) is 13.6 Å². The van der Waals surface area contributed by atoms with E-state index in [-0.39, 0.29) is 6.03 Å². The zero-order chi connectivity index (χ0) is 19.2. The van der Waals surface area contributed by atoms with Crippen molar-refractivity contribution in [3.05, 3.63) is 54.5 Å². The standard InChI is InChI=1S/C19H21N5O3/c1-24-12-14(11-22-24)16-6-4-13(9-20-16)10-21-19(25)23-17-7-5-15(26-2)8-18(17)27-3/h4-9,11-12H,10H2,1-3H3,(H2,21,23,25). The van der Waals surface area contributed by atoms with Gasteiger partial charge in [-0.15, -0.1) is 0 Å². The largest absolute Gasteiger partial charge is 0.497 e. The molecule has 0 aliphatic heterocycles. The molecule has 0 fully saturated rings. The Morgan fingerprint density at radius 1 is 1.15 bits per heavy atom. The molecule has 3 rings (SSSR count). The first kappa shape index (κ1) is 18.2. The minimum Gasteiger partial charge on any atom is -0.497 e. The summed E-state index contributed by atoms with van der Waals surface area (Å²) in [4.78, 5) is 16.6. The molecule has 0 atom stereocenters. The van der Waals surface area contributed by atoms with Crippen LogP contribution in [0.3, 0.4) is 0 Å². The third kappa shape index (κ3) is 4.55. The Hall–Kier alpha value is -3.55. The summed E-state index contributed by atoms with van der Waals surface area (Å²) in [5.74, 6) is 1.17. The van der Waals surface area contributed by atoms with Crippen molar-refractivity contribution in [1.29, 1.82) is 0 Å². The molecule has 0 aliphatic carbocycles. The lowest BCUT2D eigenvalue weighted by Crippen LogP contribution is -2.28. The summed E-state index contributed by atoms with van der Waals surface area (Å²) in [6.45, 7) is 0.352. The minimum atomic E-state index is -0.338. The normalized spacial score (nSPS) is 10.3. The Balaban J connectivity index is 1.58. The van der Waals surface area contributed by atoms with E-state index in [1.807, 2.05) is 25.4 Å². The molecule has 0 saturated heterocycles. The number of amides is 2. The van der Waals surface area contributed by atoms with Crippen molar-refractivity contribution in [2.75, 3.05) is 19.5 Å². The number of carbonyl (C=O) groups is 1. The molecule has 0 bridgehead atoms. The Morgan fingerprint density at radius 2 is 2.00 bits per heavy atom. The summed E-state index contributed by atoms with van der Waals surface area (Å²) in [6, 6.07) is 8.66. The number of rotatable bonds is 6. The summed E-state index contributed by atoms with van der Waals surface area (Å²) >= 11 is 0. The second-order valence-corrected chi connectivity index (χ2v) is 5.83. The van der Waals surface area contributed by atoms with Gasteiger partial charge in [0.25, 0.3) is 0 Å². The van der Waals surface area contributed by atoms with E-state index in [2.05, 4.69) is 20.7 Å². The second-order valence-electron chi connectivity index (χ2n) is 5.83. The average molecular weight is 367 g/mol. The summed E-state index contributed by atoms with van der Waals surface area (Å²) in [5, 5.41) is 9.69. The molecule has 0 unspecified atom stereocenters. The Morgan fingerprint density at radius 3 is 2.63 bits per heavy atom. The first-order valence-electron chi connectivity index (χ1n) is 8.30. The van der Waals surface area contributed by atoms with Crippen LogP contribution in [0.2, 0.25) is 0 Å². The number of hydrogen-bond acceptors (Lipinski definition) is 5. The van der Waals surface area contributed by atoms with Crippen LogP contribution in [0, 0.1) is 0 Å². The van der Waals surface area contributed by atoms with Crippen LogP contribution in [0.25, 0.3) is 11.3 Å². The molecule has 8 heteroatoms. The molecule has 2 amide bonds. The van der Waals surface area contributed by atoms with Crippen LogP contribution in [-0.4, -0.2) is 35.0 Å². The van der Waals surface area contributed by atoms with Crippen LogP contribution in [0.4, 0.5) is 10.5 Å². The highest BCUT2D eigenvalue weighted by molar-refractivity contribution is 5.91. The number of aryl methyl sites for hydroxylation is 1. The molecule has 0 spiro atoms. The van der Waals surface area contributed by atoms with Gasteiger partial charge in [-0.25, -0.2) is 4.79 Å². The van der Waals surface area contributed by atoms with Crippen LogP contribution in [0.15, 0.2) is 48.9 Å². The monoisotopic (exact) mass is 367 g/mol. The molecular weight excluding hydrogens is 346 g/mol. The predicted molar refractivity (Wildman–Crippen MR) is 102 cm³/mol. The Labute approximate surface area is 157 Å². The van der Waals surface area contributed by atoms with Crippen molar-refractivity contribution in [2.45, 2.75) is 6.54 Å². The van der Waals surface area contributed by atoms with Gasteiger partial charge in [-0.3, -0.25) is 9.67 Å². The molecular formula is C19H21N5O3. The molecule has 1 aromatic carbocycles. The van der Waals surface area contributed by atoms with Crippen molar-refractivity contribution in [3.63, 3.8) is 0 Å². The fraction of sp³-hybridized carbons (Fsp3) is 0.211. The maximum absolute atomic E-state index is 12.2. The topological polar surface area (TPSA) is 90.3 Å². The molecule has 0 radical (unpaired) electrons. The molecule has 2 aromatic heterocycles. The highest BCUT2D eigenvalue weighted by atomic mass is 16.5. The van der Waals surface area contributed by atoms with Crippen molar-refractivity contribution < 1.29 is 14.3 Å². The van der Waals surface area contributed by atoms with Crippen LogP contribution < -0.4 is 20.1 Å².